The third kappa shape index (κ3) is 5.29. The smallest absolute Gasteiger partial charge is 0.275 e. The normalized spacial score (nSPS) is 17.2. The molecule has 9 heteroatoms. The maximum atomic E-state index is 13.6. The van der Waals surface area contributed by atoms with Crippen molar-refractivity contribution in [2.75, 3.05) is 19.5 Å². The minimum atomic E-state index is -0.392. The summed E-state index contributed by atoms with van der Waals surface area (Å²) in [5, 5.41) is 8.73. The summed E-state index contributed by atoms with van der Waals surface area (Å²) in [5.41, 5.74) is 2.49. The van der Waals surface area contributed by atoms with Crippen molar-refractivity contribution < 1.29 is 19.1 Å². The third-order valence-corrected chi connectivity index (χ3v) is 5.90. The molecule has 3 aromatic rings. The molecule has 2 atom stereocenters. The molecule has 0 spiro atoms. The van der Waals surface area contributed by atoms with Crippen molar-refractivity contribution in [2.45, 2.75) is 25.8 Å². The number of methoxy groups -OCH3 is 2. The van der Waals surface area contributed by atoms with Crippen LogP contribution in [-0.2, 0) is 11.3 Å². The van der Waals surface area contributed by atoms with Crippen molar-refractivity contribution in [3.05, 3.63) is 77.9 Å². The molecule has 2 aromatic carbocycles. The first-order valence-corrected chi connectivity index (χ1v) is 11.3. The molecule has 1 aliphatic heterocycles. The molecule has 180 valence electrons. The molecule has 35 heavy (non-hydrogen) atoms. The van der Waals surface area contributed by atoms with Crippen LogP contribution in [0.25, 0.3) is 0 Å². The first-order valence-electron chi connectivity index (χ1n) is 11.3. The lowest BCUT2D eigenvalue weighted by Crippen LogP contribution is -2.39. The van der Waals surface area contributed by atoms with Gasteiger partial charge in [0.05, 0.1) is 32.9 Å². The fraction of sp³-hybridized carbons (Fsp3) is 0.269. The van der Waals surface area contributed by atoms with Crippen molar-refractivity contribution in [1.82, 2.24) is 15.0 Å². The second kappa shape index (κ2) is 10.8. The number of amides is 2. The van der Waals surface area contributed by atoms with Crippen LogP contribution in [0, 0.1) is 5.92 Å². The Hall–Kier alpha value is -4.27. The summed E-state index contributed by atoms with van der Waals surface area (Å²) in [6.07, 6.45) is 6.98. The maximum Gasteiger partial charge on any atom is 0.275 e. The molecule has 0 saturated heterocycles. The third-order valence-electron chi connectivity index (χ3n) is 5.90. The van der Waals surface area contributed by atoms with Crippen molar-refractivity contribution in [3.63, 3.8) is 0 Å². The van der Waals surface area contributed by atoms with Crippen LogP contribution in [0.1, 0.15) is 40.9 Å². The van der Waals surface area contributed by atoms with Crippen molar-refractivity contribution in [1.29, 1.82) is 0 Å². The lowest BCUT2D eigenvalue weighted by atomic mass is 9.83. The maximum absolute atomic E-state index is 13.6. The van der Waals surface area contributed by atoms with Crippen molar-refractivity contribution >= 4 is 23.7 Å². The van der Waals surface area contributed by atoms with Crippen LogP contribution in [0.15, 0.2) is 66.2 Å². The van der Waals surface area contributed by atoms with Gasteiger partial charge in [-0.15, -0.1) is 0 Å². The first-order chi connectivity index (χ1) is 17.0. The Bertz CT molecular complexity index is 1230. The number of hydrazone groups is 1. The van der Waals surface area contributed by atoms with Crippen LogP contribution in [0.2, 0.25) is 0 Å². The number of nitrogens with one attached hydrogen (secondary N) is 1. The van der Waals surface area contributed by atoms with E-state index in [1.165, 1.54) is 23.6 Å². The Morgan fingerprint density at radius 3 is 2.63 bits per heavy atom. The van der Waals surface area contributed by atoms with Gasteiger partial charge in [-0.2, -0.15) is 5.10 Å². The topological polar surface area (TPSA) is 106 Å². The van der Waals surface area contributed by atoms with Gasteiger partial charge >= 0.3 is 0 Å². The number of aromatic nitrogens is 2. The predicted octanol–water partition coefficient (Wildman–Crippen LogP) is 3.88. The van der Waals surface area contributed by atoms with Crippen molar-refractivity contribution in [2.24, 2.45) is 11.0 Å². The van der Waals surface area contributed by atoms with E-state index in [1.54, 1.807) is 20.3 Å². The van der Waals surface area contributed by atoms with Gasteiger partial charge in [-0.3, -0.25) is 14.6 Å². The van der Waals surface area contributed by atoms with E-state index in [0.29, 0.717) is 17.2 Å². The number of hydrogen-bond acceptors (Lipinski definition) is 7. The van der Waals surface area contributed by atoms with Gasteiger partial charge in [0.25, 0.3) is 11.8 Å². The molecular weight excluding hydrogens is 446 g/mol. The van der Waals surface area contributed by atoms with Gasteiger partial charge < -0.3 is 14.8 Å². The number of ether oxygens (including phenoxy) is 2. The largest absolute Gasteiger partial charge is 0.493 e. The van der Waals surface area contributed by atoms with Crippen LogP contribution in [-0.4, -0.2) is 47.2 Å². The van der Waals surface area contributed by atoms with Crippen LogP contribution in [0.4, 0.5) is 5.69 Å². The molecule has 0 radical (unpaired) electrons. The molecular formula is C26H27N5O4. The number of rotatable bonds is 8. The lowest BCUT2D eigenvalue weighted by molar-refractivity contribution is -0.135. The summed E-state index contributed by atoms with van der Waals surface area (Å²) in [4.78, 5) is 33.9. The Balaban J connectivity index is 1.53. The second-order valence-electron chi connectivity index (χ2n) is 8.07. The van der Waals surface area contributed by atoms with E-state index in [2.05, 4.69) is 20.4 Å². The standard InChI is InChI=1S/C26H27N5O4/c1-4-18-14-29-31(26(33)24(18)19-8-9-22(34-2)23(13-19)35-3)16-17-6-5-7-20(12-17)30-25(32)21-15-27-10-11-28-21/h5-15,18,24H,4,16H2,1-3H3,(H,30,32). The molecule has 9 nitrogen and oxygen atoms in total. The molecule has 2 unspecified atom stereocenters. The SMILES string of the molecule is CCC1C=NN(Cc2cccc(NC(=O)c3cnccn3)c2)C(=O)C1c1ccc(OC)c(OC)c1. The summed E-state index contributed by atoms with van der Waals surface area (Å²) in [6.45, 7) is 2.31. The fourth-order valence-electron chi connectivity index (χ4n) is 4.08. The summed E-state index contributed by atoms with van der Waals surface area (Å²) >= 11 is 0. The van der Waals surface area contributed by atoms with E-state index < -0.39 is 5.92 Å². The van der Waals surface area contributed by atoms with Crippen LogP contribution in [0.3, 0.4) is 0 Å². The minimum absolute atomic E-state index is 0.0329. The highest BCUT2D eigenvalue weighted by Gasteiger charge is 2.35. The van der Waals surface area contributed by atoms with Gasteiger partial charge in [-0.05, 0) is 41.8 Å². The zero-order chi connectivity index (χ0) is 24.8. The highest BCUT2D eigenvalue weighted by atomic mass is 16.5. The summed E-state index contributed by atoms with van der Waals surface area (Å²) < 4.78 is 10.8. The van der Waals surface area contributed by atoms with Gasteiger partial charge in [0, 0.05) is 30.2 Å². The molecule has 1 aromatic heterocycles. The number of anilines is 1. The highest BCUT2D eigenvalue weighted by Crippen LogP contribution is 2.37. The number of nitrogens with zero attached hydrogens (tertiary/aromatic N) is 4. The fourth-order valence-corrected chi connectivity index (χ4v) is 4.08. The second-order valence-corrected chi connectivity index (χ2v) is 8.07. The van der Waals surface area contributed by atoms with Gasteiger partial charge in [-0.25, -0.2) is 9.99 Å². The number of carbonyl (C=O) groups is 2. The predicted molar refractivity (Wildman–Crippen MR) is 132 cm³/mol. The highest BCUT2D eigenvalue weighted by molar-refractivity contribution is 6.02. The quantitative estimate of drug-likeness (QED) is 0.532. The van der Waals surface area contributed by atoms with Gasteiger partial charge in [0.15, 0.2) is 11.5 Å². The number of carbonyl (C=O) groups excluding carboxylic acids is 2. The monoisotopic (exact) mass is 473 g/mol. The van der Waals surface area contributed by atoms with E-state index in [4.69, 9.17) is 9.47 Å². The summed E-state index contributed by atoms with van der Waals surface area (Å²) in [6, 6.07) is 12.9. The Morgan fingerprint density at radius 2 is 1.91 bits per heavy atom. The molecule has 0 fully saturated rings. The number of hydrogen-bond donors (Lipinski definition) is 1. The number of benzene rings is 2. The average Bonchev–Trinajstić information content (AvgIpc) is 2.90. The summed E-state index contributed by atoms with van der Waals surface area (Å²) in [5.74, 6) is 0.306. The minimum Gasteiger partial charge on any atom is -0.493 e. The Labute approximate surface area is 203 Å². The van der Waals surface area contributed by atoms with E-state index in [-0.39, 0.29) is 30.0 Å². The van der Waals surface area contributed by atoms with E-state index in [0.717, 1.165) is 17.5 Å². The average molecular weight is 474 g/mol. The zero-order valence-corrected chi connectivity index (χ0v) is 19.8. The van der Waals surface area contributed by atoms with E-state index in [1.807, 2.05) is 49.5 Å². The van der Waals surface area contributed by atoms with Gasteiger partial charge in [-0.1, -0.05) is 25.1 Å². The molecule has 2 heterocycles. The molecule has 0 aliphatic carbocycles. The van der Waals surface area contributed by atoms with Gasteiger partial charge in [0.1, 0.15) is 5.69 Å². The lowest BCUT2D eigenvalue weighted by Gasteiger charge is -2.32. The first kappa shape index (κ1) is 23.9. The molecule has 1 aliphatic rings. The van der Waals surface area contributed by atoms with Crippen LogP contribution in [0.5, 0.6) is 11.5 Å². The van der Waals surface area contributed by atoms with Gasteiger partial charge in [0.2, 0.25) is 0 Å². The molecule has 1 N–H and O–H groups in total. The molecule has 0 bridgehead atoms. The van der Waals surface area contributed by atoms with Crippen molar-refractivity contribution in [3.8, 4) is 11.5 Å². The zero-order valence-electron chi connectivity index (χ0n) is 19.8. The Kier molecular flexibility index (Phi) is 7.35. The summed E-state index contributed by atoms with van der Waals surface area (Å²) in [7, 11) is 3.15. The van der Waals surface area contributed by atoms with Crippen LogP contribution < -0.4 is 14.8 Å². The molecule has 2 amide bonds. The van der Waals surface area contributed by atoms with Crippen LogP contribution >= 0.6 is 0 Å². The molecule has 4 rings (SSSR count). The molecule has 0 saturated carbocycles. The van der Waals surface area contributed by atoms with E-state index >= 15 is 0 Å². The van der Waals surface area contributed by atoms with E-state index in [9.17, 15) is 9.59 Å². The Morgan fingerprint density at radius 1 is 1.09 bits per heavy atom.